The van der Waals surface area contributed by atoms with Crippen LogP contribution in [-0.2, 0) is 6.42 Å². The molecule has 1 heteroatoms. The molecule has 0 aromatic heterocycles. The molecule has 66 valence electrons. The Hall–Kier alpha value is -0.820. The van der Waals surface area contributed by atoms with Gasteiger partial charge in [0.2, 0.25) is 0 Å². The molecule has 0 aliphatic carbocycles. The molecule has 0 radical (unpaired) electrons. The molecule has 1 aromatic carbocycles. The van der Waals surface area contributed by atoms with Crippen LogP contribution in [0, 0.1) is 6.92 Å². The maximum Gasteiger partial charge on any atom is 0.00767 e. The molecule has 0 saturated heterocycles. The number of aryl methyl sites for hydroxylation is 1. The van der Waals surface area contributed by atoms with Crippen molar-refractivity contribution in [3.63, 3.8) is 0 Å². The van der Waals surface area contributed by atoms with Gasteiger partial charge in [-0.3, -0.25) is 0 Å². The van der Waals surface area contributed by atoms with Gasteiger partial charge >= 0.3 is 0 Å². The van der Waals surface area contributed by atoms with Crippen LogP contribution in [0.3, 0.4) is 0 Å². The molecule has 0 fully saturated rings. The topological polar surface area (TPSA) is 26.0 Å². The molecule has 12 heavy (non-hydrogen) atoms. The molecular weight excluding hydrogens is 146 g/mol. The van der Waals surface area contributed by atoms with E-state index in [1.54, 1.807) is 0 Å². The lowest BCUT2D eigenvalue weighted by molar-refractivity contribution is 0.644. The molecule has 0 heterocycles. The monoisotopic (exact) mass is 163 g/mol. The van der Waals surface area contributed by atoms with Gasteiger partial charge in [0.1, 0.15) is 0 Å². The third kappa shape index (κ3) is 2.35. The molecule has 1 nitrogen and oxygen atoms in total. The fourth-order valence-electron chi connectivity index (χ4n) is 1.27. The zero-order chi connectivity index (χ0) is 8.97. The van der Waals surface area contributed by atoms with Crippen LogP contribution >= 0.6 is 0 Å². The number of benzene rings is 1. The Bertz CT molecular complexity index is 243. The Balaban J connectivity index is 2.69. The first-order chi connectivity index (χ1) is 5.74. The molecule has 1 atom stereocenters. The van der Waals surface area contributed by atoms with Gasteiger partial charge in [-0.1, -0.05) is 31.2 Å². The van der Waals surface area contributed by atoms with Crippen molar-refractivity contribution in [3.8, 4) is 0 Å². The second-order valence-electron chi connectivity index (χ2n) is 3.30. The smallest absolute Gasteiger partial charge is 0.00767 e. The first-order valence-corrected chi connectivity index (χ1v) is 4.54. The molecule has 0 saturated carbocycles. The lowest BCUT2D eigenvalue weighted by Crippen LogP contribution is -2.21. The average molecular weight is 163 g/mol. The van der Waals surface area contributed by atoms with E-state index in [-0.39, 0.29) is 0 Å². The molecule has 0 unspecified atom stereocenters. The highest BCUT2D eigenvalue weighted by Gasteiger charge is 2.02. The van der Waals surface area contributed by atoms with Gasteiger partial charge < -0.3 is 5.73 Å². The summed E-state index contributed by atoms with van der Waals surface area (Å²) in [6, 6.07) is 8.75. The van der Waals surface area contributed by atoms with E-state index in [9.17, 15) is 0 Å². The first-order valence-electron chi connectivity index (χ1n) is 4.54. The molecule has 1 rings (SSSR count). The Kier molecular flexibility index (Phi) is 3.30. The van der Waals surface area contributed by atoms with Crippen molar-refractivity contribution in [1.29, 1.82) is 0 Å². The lowest BCUT2D eigenvalue weighted by Gasteiger charge is -2.10. The maximum atomic E-state index is 5.87. The van der Waals surface area contributed by atoms with E-state index in [0.29, 0.717) is 6.04 Å². The Morgan fingerprint density at radius 1 is 1.33 bits per heavy atom. The molecule has 1 aromatic rings. The standard InChI is InChI=1S/C11H17N/c1-3-11(12)8-10-7-5-4-6-9(10)2/h4-7,11H,3,8,12H2,1-2H3/t11-/m1/s1. The highest BCUT2D eigenvalue weighted by molar-refractivity contribution is 5.26. The summed E-state index contributed by atoms with van der Waals surface area (Å²) in [5.74, 6) is 0. The lowest BCUT2D eigenvalue weighted by atomic mass is 10.0. The summed E-state index contributed by atoms with van der Waals surface area (Å²) in [6.07, 6.45) is 2.05. The molecular formula is C11H17N. The fourth-order valence-corrected chi connectivity index (χ4v) is 1.27. The van der Waals surface area contributed by atoms with E-state index in [4.69, 9.17) is 5.73 Å². The first kappa shape index (κ1) is 9.27. The van der Waals surface area contributed by atoms with Gasteiger partial charge in [-0.15, -0.1) is 0 Å². The Labute approximate surface area is 74.6 Å². The summed E-state index contributed by atoms with van der Waals surface area (Å²) in [7, 11) is 0. The summed E-state index contributed by atoms with van der Waals surface area (Å²) < 4.78 is 0. The maximum absolute atomic E-state index is 5.87. The van der Waals surface area contributed by atoms with E-state index in [1.165, 1.54) is 11.1 Å². The van der Waals surface area contributed by atoms with Crippen LogP contribution in [0.2, 0.25) is 0 Å². The third-order valence-corrected chi connectivity index (χ3v) is 2.27. The normalized spacial score (nSPS) is 12.9. The third-order valence-electron chi connectivity index (χ3n) is 2.27. The van der Waals surface area contributed by atoms with Crippen LogP contribution in [-0.4, -0.2) is 6.04 Å². The van der Waals surface area contributed by atoms with Crippen LogP contribution < -0.4 is 5.73 Å². The van der Waals surface area contributed by atoms with E-state index >= 15 is 0 Å². The minimum atomic E-state index is 0.311. The summed E-state index contributed by atoms with van der Waals surface area (Å²) in [5, 5.41) is 0. The van der Waals surface area contributed by atoms with Crippen molar-refractivity contribution in [2.75, 3.05) is 0 Å². The van der Waals surface area contributed by atoms with E-state index in [1.807, 2.05) is 0 Å². The van der Waals surface area contributed by atoms with E-state index in [2.05, 4.69) is 38.1 Å². The largest absolute Gasteiger partial charge is 0.327 e. The Morgan fingerprint density at radius 2 is 2.00 bits per heavy atom. The molecule has 0 aliphatic heterocycles. The van der Waals surface area contributed by atoms with Gasteiger partial charge in [0, 0.05) is 6.04 Å². The summed E-state index contributed by atoms with van der Waals surface area (Å²) in [4.78, 5) is 0. The molecule has 0 spiro atoms. The zero-order valence-corrected chi connectivity index (χ0v) is 7.88. The van der Waals surface area contributed by atoms with Crippen molar-refractivity contribution >= 4 is 0 Å². The van der Waals surface area contributed by atoms with Gasteiger partial charge in [0.05, 0.1) is 0 Å². The predicted octanol–water partition coefficient (Wildman–Crippen LogP) is 2.27. The van der Waals surface area contributed by atoms with Crippen LogP contribution in [0.15, 0.2) is 24.3 Å². The van der Waals surface area contributed by atoms with Gasteiger partial charge in [0.25, 0.3) is 0 Å². The average Bonchev–Trinajstić information content (AvgIpc) is 2.09. The van der Waals surface area contributed by atoms with Crippen molar-refractivity contribution in [2.45, 2.75) is 32.7 Å². The van der Waals surface area contributed by atoms with Crippen molar-refractivity contribution in [3.05, 3.63) is 35.4 Å². The summed E-state index contributed by atoms with van der Waals surface area (Å²) >= 11 is 0. The van der Waals surface area contributed by atoms with Gasteiger partial charge in [0.15, 0.2) is 0 Å². The van der Waals surface area contributed by atoms with Crippen LogP contribution in [0.25, 0.3) is 0 Å². The minimum absolute atomic E-state index is 0.311. The fraction of sp³-hybridized carbons (Fsp3) is 0.455. The molecule has 2 N–H and O–H groups in total. The highest BCUT2D eigenvalue weighted by atomic mass is 14.6. The van der Waals surface area contributed by atoms with Gasteiger partial charge in [-0.05, 0) is 30.9 Å². The Morgan fingerprint density at radius 3 is 2.58 bits per heavy atom. The molecule has 0 bridgehead atoms. The van der Waals surface area contributed by atoms with Crippen molar-refractivity contribution < 1.29 is 0 Å². The van der Waals surface area contributed by atoms with Gasteiger partial charge in [-0.2, -0.15) is 0 Å². The zero-order valence-electron chi connectivity index (χ0n) is 7.88. The van der Waals surface area contributed by atoms with Crippen LogP contribution in [0.4, 0.5) is 0 Å². The van der Waals surface area contributed by atoms with Crippen molar-refractivity contribution in [1.82, 2.24) is 0 Å². The number of hydrogen-bond acceptors (Lipinski definition) is 1. The summed E-state index contributed by atoms with van der Waals surface area (Å²) in [6.45, 7) is 4.26. The molecule has 0 aliphatic rings. The van der Waals surface area contributed by atoms with Crippen LogP contribution in [0.5, 0.6) is 0 Å². The van der Waals surface area contributed by atoms with E-state index in [0.717, 1.165) is 12.8 Å². The SMILES string of the molecule is CC[C@@H](N)Cc1ccccc1C. The molecule has 0 amide bonds. The predicted molar refractivity (Wildman–Crippen MR) is 53.1 cm³/mol. The second kappa shape index (κ2) is 4.27. The highest BCUT2D eigenvalue weighted by Crippen LogP contribution is 2.09. The number of hydrogen-bond donors (Lipinski definition) is 1. The quantitative estimate of drug-likeness (QED) is 0.726. The number of rotatable bonds is 3. The summed E-state index contributed by atoms with van der Waals surface area (Å²) in [5.41, 5.74) is 8.60. The number of nitrogens with two attached hydrogens (primary N) is 1. The van der Waals surface area contributed by atoms with Crippen molar-refractivity contribution in [2.24, 2.45) is 5.73 Å². The minimum Gasteiger partial charge on any atom is -0.327 e. The second-order valence-corrected chi connectivity index (χ2v) is 3.30. The van der Waals surface area contributed by atoms with E-state index < -0.39 is 0 Å². The van der Waals surface area contributed by atoms with Gasteiger partial charge in [-0.25, -0.2) is 0 Å². The van der Waals surface area contributed by atoms with Crippen LogP contribution in [0.1, 0.15) is 24.5 Å².